The molecular weight excluding hydrogens is 310 g/mol. The van der Waals surface area contributed by atoms with E-state index in [0.29, 0.717) is 6.54 Å². The van der Waals surface area contributed by atoms with E-state index in [-0.39, 0.29) is 12.1 Å². The summed E-state index contributed by atoms with van der Waals surface area (Å²) in [6.45, 7) is 7.10. The predicted octanol–water partition coefficient (Wildman–Crippen LogP) is 3.22. The Bertz CT molecular complexity index is 453. The summed E-state index contributed by atoms with van der Waals surface area (Å²) in [4.78, 5) is 18.0. The van der Waals surface area contributed by atoms with E-state index in [0.717, 1.165) is 24.1 Å². The fourth-order valence-electron chi connectivity index (χ4n) is 2.24. The zero-order valence-corrected chi connectivity index (χ0v) is 13.2. The predicted molar refractivity (Wildman–Crippen MR) is 76.0 cm³/mol. The third kappa shape index (κ3) is 3.72. The first-order chi connectivity index (χ1) is 8.87. The maximum atomic E-state index is 12.1. The van der Waals surface area contributed by atoms with Crippen LogP contribution in [0, 0.1) is 0 Å². The van der Waals surface area contributed by atoms with Gasteiger partial charge in [-0.2, -0.15) is 0 Å². The van der Waals surface area contributed by atoms with Gasteiger partial charge >= 0.3 is 6.09 Å². The summed E-state index contributed by atoms with van der Waals surface area (Å²) in [5, 5.41) is 0. The summed E-state index contributed by atoms with van der Waals surface area (Å²) in [5.74, 6) is 0. The first-order valence-electron chi connectivity index (χ1n) is 6.53. The van der Waals surface area contributed by atoms with E-state index in [1.165, 1.54) is 0 Å². The third-order valence-electron chi connectivity index (χ3n) is 3.06. The molecule has 106 valence electrons. The Morgan fingerprint density at radius 2 is 2.26 bits per heavy atom. The molecule has 2 heterocycles. The largest absolute Gasteiger partial charge is 0.444 e. The van der Waals surface area contributed by atoms with Crippen LogP contribution >= 0.6 is 15.9 Å². The minimum Gasteiger partial charge on any atom is -0.444 e. The monoisotopic (exact) mass is 329 g/mol. The normalized spacial score (nSPS) is 20.4. The van der Waals surface area contributed by atoms with Crippen LogP contribution in [0.3, 0.4) is 0 Å². The SMILES string of the molecule is CC(C)(C)OC(=O)N1CCCC(n2ccnc2Br)C1. The molecule has 1 fully saturated rings. The first kappa shape index (κ1) is 14.4. The average Bonchev–Trinajstić information content (AvgIpc) is 2.73. The number of aromatic nitrogens is 2. The van der Waals surface area contributed by atoms with Gasteiger partial charge in [0.05, 0.1) is 6.04 Å². The van der Waals surface area contributed by atoms with Crippen LogP contribution in [0.5, 0.6) is 0 Å². The van der Waals surface area contributed by atoms with E-state index in [1.807, 2.05) is 27.0 Å². The highest BCUT2D eigenvalue weighted by Gasteiger charge is 2.28. The lowest BCUT2D eigenvalue weighted by Crippen LogP contribution is -2.43. The van der Waals surface area contributed by atoms with Crippen molar-refractivity contribution in [1.82, 2.24) is 14.5 Å². The number of likely N-dealkylation sites (tertiary alicyclic amines) is 1. The van der Waals surface area contributed by atoms with Gasteiger partial charge < -0.3 is 14.2 Å². The molecule has 1 unspecified atom stereocenters. The van der Waals surface area contributed by atoms with Gasteiger partial charge in [0.15, 0.2) is 4.73 Å². The average molecular weight is 330 g/mol. The lowest BCUT2D eigenvalue weighted by atomic mass is 10.1. The van der Waals surface area contributed by atoms with Crippen LogP contribution in [0.15, 0.2) is 17.1 Å². The number of rotatable bonds is 1. The Hall–Kier alpha value is -1.04. The molecule has 1 aromatic rings. The summed E-state index contributed by atoms with van der Waals surface area (Å²) in [5.41, 5.74) is -0.445. The van der Waals surface area contributed by atoms with Gasteiger partial charge in [-0.1, -0.05) is 0 Å². The molecule has 0 spiro atoms. The van der Waals surface area contributed by atoms with E-state index in [2.05, 4.69) is 25.5 Å². The fraction of sp³-hybridized carbons (Fsp3) is 0.692. The number of hydrogen-bond acceptors (Lipinski definition) is 3. The standard InChI is InChI=1S/C13H20BrN3O2/c1-13(2,3)19-12(18)16-7-4-5-10(9-16)17-8-6-15-11(17)14/h6,8,10H,4-5,7,9H2,1-3H3. The molecule has 0 N–H and O–H groups in total. The zero-order chi connectivity index (χ0) is 14.0. The molecule has 6 heteroatoms. The van der Waals surface area contributed by atoms with Gasteiger partial charge in [-0.3, -0.25) is 0 Å². The second kappa shape index (κ2) is 5.53. The van der Waals surface area contributed by atoms with Crippen LogP contribution in [-0.4, -0.2) is 39.2 Å². The van der Waals surface area contributed by atoms with Crippen molar-refractivity contribution in [2.24, 2.45) is 0 Å². The van der Waals surface area contributed by atoms with Crippen molar-refractivity contribution in [1.29, 1.82) is 0 Å². The quantitative estimate of drug-likeness (QED) is 0.794. The molecule has 1 aliphatic rings. The smallest absolute Gasteiger partial charge is 0.410 e. The van der Waals surface area contributed by atoms with Crippen molar-refractivity contribution in [2.75, 3.05) is 13.1 Å². The molecule has 1 amide bonds. The van der Waals surface area contributed by atoms with Gasteiger partial charge in [0, 0.05) is 25.5 Å². The summed E-state index contributed by atoms with van der Waals surface area (Å²) in [6, 6.07) is 0.262. The van der Waals surface area contributed by atoms with Gasteiger partial charge in [0.25, 0.3) is 0 Å². The minimum absolute atomic E-state index is 0.228. The molecule has 1 aliphatic heterocycles. The molecule has 2 rings (SSSR count). The summed E-state index contributed by atoms with van der Waals surface area (Å²) >= 11 is 3.42. The van der Waals surface area contributed by atoms with Crippen LogP contribution in [-0.2, 0) is 4.74 Å². The molecule has 0 radical (unpaired) electrons. The Labute approximate surface area is 122 Å². The highest BCUT2D eigenvalue weighted by molar-refractivity contribution is 9.10. The second-order valence-corrected chi connectivity index (χ2v) is 6.54. The molecular formula is C13H20BrN3O2. The molecule has 1 saturated heterocycles. The molecule has 0 aromatic carbocycles. The molecule has 5 nitrogen and oxygen atoms in total. The Morgan fingerprint density at radius 1 is 1.53 bits per heavy atom. The van der Waals surface area contributed by atoms with Gasteiger partial charge in [0.1, 0.15) is 5.60 Å². The first-order valence-corrected chi connectivity index (χ1v) is 7.32. The van der Waals surface area contributed by atoms with Crippen LogP contribution in [0.1, 0.15) is 39.7 Å². The van der Waals surface area contributed by atoms with E-state index < -0.39 is 5.60 Å². The Balaban J connectivity index is 2.01. The van der Waals surface area contributed by atoms with Gasteiger partial charge in [-0.05, 0) is 49.5 Å². The molecule has 0 aliphatic carbocycles. The van der Waals surface area contributed by atoms with Crippen molar-refractivity contribution < 1.29 is 9.53 Å². The van der Waals surface area contributed by atoms with Crippen LogP contribution in [0.4, 0.5) is 4.79 Å². The molecule has 19 heavy (non-hydrogen) atoms. The number of amides is 1. The Morgan fingerprint density at radius 3 is 2.84 bits per heavy atom. The summed E-state index contributed by atoms with van der Waals surface area (Å²) in [7, 11) is 0. The molecule has 0 bridgehead atoms. The van der Waals surface area contributed by atoms with Crippen LogP contribution < -0.4 is 0 Å². The van der Waals surface area contributed by atoms with Crippen molar-refractivity contribution >= 4 is 22.0 Å². The zero-order valence-electron chi connectivity index (χ0n) is 11.6. The molecule has 1 atom stereocenters. The van der Waals surface area contributed by atoms with Gasteiger partial charge in [-0.15, -0.1) is 0 Å². The van der Waals surface area contributed by atoms with Crippen molar-refractivity contribution in [2.45, 2.75) is 45.3 Å². The lowest BCUT2D eigenvalue weighted by molar-refractivity contribution is 0.0171. The highest BCUT2D eigenvalue weighted by Crippen LogP contribution is 2.25. The number of carbonyl (C=O) groups is 1. The highest BCUT2D eigenvalue weighted by atomic mass is 79.9. The summed E-state index contributed by atoms with van der Waals surface area (Å²) in [6.07, 6.45) is 5.50. The summed E-state index contributed by atoms with van der Waals surface area (Å²) < 4.78 is 8.30. The Kier molecular flexibility index (Phi) is 4.18. The third-order valence-corrected chi connectivity index (χ3v) is 3.68. The lowest BCUT2D eigenvalue weighted by Gasteiger charge is -2.34. The second-order valence-electron chi connectivity index (χ2n) is 5.83. The maximum Gasteiger partial charge on any atom is 0.410 e. The number of halogens is 1. The minimum atomic E-state index is -0.445. The number of nitrogens with zero attached hydrogens (tertiary/aromatic N) is 3. The van der Waals surface area contributed by atoms with Crippen molar-refractivity contribution in [3.05, 3.63) is 17.1 Å². The fourth-order valence-corrected chi connectivity index (χ4v) is 2.77. The number of imidazole rings is 1. The number of hydrogen-bond donors (Lipinski definition) is 0. The van der Waals surface area contributed by atoms with Gasteiger partial charge in [0.2, 0.25) is 0 Å². The molecule has 1 aromatic heterocycles. The van der Waals surface area contributed by atoms with E-state index in [9.17, 15) is 4.79 Å². The van der Waals surface area contributed by atoms with Crippen molar-refractivity contribution in [3.63, 3.8) is 0 Å². The van der Waals surface area contributed by atoms with Crippen LogP contribution in [0.25, 0.3) is 0 Å². The van der Waals surface area contributed by atoms with E-state index in [1.54, 1.807) is 11.1 Å². The van der Waals surface area contributed by atoms with Crippen LogP contribution in [0.2, 0.25) is 0 Å². The number of piperidine rings is 1. The topological polar surface area (TPSA) is 47.4 Å². The number of ether oxygens (including phenoxy) is 1. The van der Waals surface area contributed by atoms with Crippen molar-refractivity contribution in [3.8, 4) is 0 Å². The number of carbonyl (C=O) groups excluding carboxylic acids is 1. The van der Waals surface area contributed by atoms with E-state index in [4.69, 9.17) is 4.74 Å². The molecule has 0 saturated carbocycles. The van der Waals surface area contributed by atoms with Gasteiger partial charge in [-0.25, -0.2) is 9.78 Å². The maximum absolute atomic E-state index is 12.1. The van der Waals surface area contributed by atoms with E-state index >= 15 is 0 Å².